The lowest BCUT2D eigenvalue weighted by atomic mass is 10.1. The van der Waals surface area contributed by atoms with Crippen LogP contribution in [-0.2, 0) is 15.7 Å². The number of hydrogen-bond acceptors (Lipinski definition) is 5. The number of nitrogens with zero attached hydrogens (tertiary/aromatic N) is 3. The van der Waals surface area contributed by atoms with E-state index in [0.717, 1.165) is 24.3 Å². The first kappa shape index (κ1) is 23.8. The van der Waals surface area contributed by atoms with Gasteiger partial charge in [0.2, 0.25) is 6.23 Å². The zero-order valence-corrected chi connectivity index (χ0v) is 16.1. The van der Waals surface area contributed by atoms with Crippen LogP contribution >= 0.6 is 0 Å². The summed E-state index contributed by atoms with van der Waals surface area (Å²) in [5.74, 6) is -2.20. The van der Waals surface area contributed by atoms with Crippen molar-refractivity contribution < 1.29 is 40.3 Å². The van der Waals surface area contributed by atoms with Gasteiger partial charge in [-0.1, -0.05) is 0 Å². The second-order valence-electron chi connectivity index (χ2n) is 6.81. The van der Waals surface area contributed by atoms with Crippen LogP contribution in [0.25, 0.3) is 0 Å². The molecule has 0 unspecified atom stereocenters. The molecular formula is C20H11F7N4O2. The molecule has 13 heteroatoms. The molecule has 33 heavy (non-hydrogen) atoms. The molecule has 1 aliphatic rings. The first-order chi connectivity index (χ1) is 15.3. The van der Waals surface area contributed by atoms with Gasteiger partial charge in [-0.3, -0.25) is 4.79 Å². The molecular weight excluding hydrogens is 461 g/mol. The number of carbonyl (C=O) groups is 1. The van der Waals surface area contributed by atoms with Crippen LogP contribution in [0.15, 0.2) is 36.4 Å². The van der Waals surface area contributed by atoms with Gasteiger partial charge in [0.15, 0.2) is 6.10 Å². The van der Waals surface area contributed by atoms with E-state index in [1.165, 1.54) is 6.07 Å². The maximum atomic E-state index is 14.0. The van der Waals surface area contributed by atoms with Crippen molar-refractivity contribution in [2.75, 3.05) is 16.8 Å². The Balaban J connectivity index is 1.91. The van der Waals surface area contributed by atoms with Crippen LogP contribution in [0.3, 0.4) is 0 Å². The maximum absolute atomic E-state index is 14.0. The second-order valence-corrected chi connectivity index (χ2v) is 6.81. The summed E-state index contributed by atoms with van der Waals surface area (Å²) in [6.07, 6.45) is -14.7. The molecule has 1 aliphatic heterocycles. The summed E-state index contributed by atoms with van der Waals surface area (Å²) in [6.45, 7) is -0.808. The summed E-state index contributed by atoms with van der Waals surface area (Å²) in [4.78, 5) is 12.8. The van der Waals surface area contributed by atoms with Gasteiger partial charge in [0.25, 0.3) is 5.91 Å². The average Bonchev–Trinajstić information content (AvgIpc) is 3.20. The summed E-state index contributed by atoms with van der Waals surface area (Å²) in [5, 5.41) is 19.6. The first-order valence-electron chi connectivity index (χ1n) is 8.96. The van der Waals surface area contributed by atoms with Gasteiger partial charge in [-0.15, -0.1) is 0 Å². The SMILES string of the molecule is N#Cc1ccc(NC(=O)[C@@H]2CN(c3ccc(C#N)c(C(F)(F)F)c3)[C@@H](C(F)(F)F)O2)c(F)c1. The van der Waals surface area contributed by atoms with Gasteiger partial charge < -0.3 is 15.0 Å². The van der Waals surface area contributed by atoms with Crippen LogP contribution in [0.5, 0.6) is 0 Å². The van der Waals surface area contributed by atoms with Gasteiger partial charge in [-0.25, -0.2) is 4.39 Å². The molecule has 1 fully saturated rings. The Labute approximate surface area is 181 Å². The molecule has 0 bridgehead atoms. The Morgan fingerprint density at radius 1 is 1.06 bits per heavy atom. The van der Waals surface area contributed by atoms with E-state index < -0.39 is 65.5 Å². The number of alkyl halides is 6. The number of anilines is 2. The van der Waals surface area contributed by atoms with Crippen LogP contribution in [0, 0.1) is 28.5 Å². The molecule has 0 aliphatic carbocycles. The van der Waals surface area contributed by atoms with Crippen molar-refractivity contribution in [2.24, 2.45) is 0 Å². The minimum atomic E-state index is -5.10. The fourth-order valence-electron chi connectivity index (χ4n) is 3.13. The molecule has 6 nitrogen and oxygen atoms in total. The normalized spacial score (nSPS) is 18.5. The number of ether oxygens (including phenoxy) is 1. The Hall–Kier alpha value is -3.84. The third-order valence-electron chi connectivity index (χ3n) is 4.63. The second kappa shape index (κ2) is 8.60. The standard InChI is InChI=1S/C20H11F7N4O2/c21-14-5-10(7-28)1-4-15(14)30-17(32)16-9-31(18(33-16)20(25,26)27)12-3-2-11(8-29)13(6-12)19(22,23)24/h1-6,16,18H,9H2,(H,30,32)/t16-,18+/m0/s1. The van der Waals surface area contributed by atoms with E-state index in [4.69, 9.17) is 15.3 Å². The van der Waals surface area contributed by atoms with Crippen molar-refractivity contribution in [1.29, 1.82) is 10.5 Å². The lowest BCUT2D eigenvalue weighted by molar-refractivity contribution is -0.212. The van der Waals surface area contributed by atoms with Crippen molar-refractivity contribution >= 4 is 17.3 Å². The van der Waals surface area contributed by atoms with E-state index in [1.54, 1.807) is 6.07 Å². The Kier molecular flexibility index (Phi) is 6.20. The smallest absolute Gasteiger partial charge is 0.335 e. The van der Waals surface area contributed by atoms with Gasteiger partial charge in [0.05, 0.1) is 41.1 Å². The third kappa shape index (κ3) is 4.99. The summed E-state index contributed by atoms with van der Waals surface area (Å²) < 4.78 is 99.0. The first-order valence-corrected chi connectivity index (χ1v) is 8.96. The molecule has 1 amide bonds. The molecule has 2 aromatic rings. The van der Waals surface area contributed by atoms with Crippen LogP contribution in [0.2, 0.25) is 0 Å². The molecule has 1 heterocycles. The maximum Gasteiger partial charge on any atom is 0.433 e. The minimum absolute atomic E-state index is 0.0628. The van der Waals surface area contributed by atoms with Gasteiger partial charge in [-0.2, -0.15) is 36.9 Å². The molecule has 1 saturated heterocycles. The van der Waals surface area contributed by atoms with Crippen LogP contribution in [0.1, 0.15) is 16.7 Å². The quantitative estimate of drug-likeness (QED) is 0.673. The molecule has 1 N–H and O–H groups in total. The van der Waals surface area contributed by atoms with Gasteiger partial charge in [0, 0.05) is 5.69 Å². The highest BCUT2D eigenvalue weighted by molar-refractivity contribution is 5.95. The highest BCUT2D eigenvalue weighted by Crippen LogP contribution is 2.39. The monoisotopic (exact) mass is 472 g/mol. The summed E-state index contributed by atoms with van der Waals surface area (Å²) >= 11 is 0. The van der Waals surface area contributed by atoms with Gasteiger partial charge in [0.1, 0.15) is 5.82 Å². The average molecular weight is 472 g/mol. The van der Waals surface area contributed by atoms with Gasteiger partial charge in [-0.05, 0) is 36.4 Å². The number of amides is 1. The molecule has 2 atom stereocenters. The highest BCUT2D eigenvalue weighted by Gasteiger charge is 2.52. The fraction of sp³-hybridized carbons (Fsp3) is 0.250. The lowest BCUT2D eigenvalue weighted by Gasteiger charge is -2.27. The van der Waals surface area contributed by atoms with Crippen molar-refractivity contribution in [3.8, 4) is 12.1 Å². The molecule has 2 aromatic carbocycles. The van der Waals surface area contributed by atoms with Crippen molar-refractivity contribution in [3.63, 3.8) is 0 Å². The summed E-state index contributed by atoms with van der Waals surface area (Å²) in [7, 11) is 0. The van der Waals surface area contributed by atoms with Crippen molar-refractivity contribution in [2.45, 2.75) is 24.7 Å². The zero-order valence-electron chi connectivity index (χ0n) is 16.1. The number of nitriles is 2. The Bertz CT molecular complexity index is 1160. The highest BCUT2D eigenvalue weighted by atomic mass is 19.4. The molecule has 0 saturated carbocycles. The van der Waals surface area contributed by atoms with Crippen molar-refractivity contribution in [1.82, 2.24) is 0 Å². The molecule has 3 rings (SSSR count). The number of halogens is 7. The number of benzene rings is 2. The Morgan fingerprint density at radius 3 is 2.30 bits per heavy atom. The molecule has 0 aromatic heterocycles. The number of hydrogen-bond donors (Lipinski definition) is 1. The zero-order chi connectivity index (χ0) is 24.6. The minimum Gasteiger partial charge on any atom is -0.335 e. The largest absolute Gasteiger partial charge is 0.433 e. The summed E-state index contributed by atoms with van der Waals surface area (Å²) in [6, 6.07) is 7.91. The van der Waals surface area contributed by atoms with Crippen LogP contribution in [-0.4, -0.2) is 31.0 Å². The van der Waals surface area contributed by atoms with Crippen LogP contribution < -0.4 is 10.2 Å². The Morgan fingerprint density at radius 2 is 1.76 bits per heavy atom. The lowest BCUT2D eigenvalue weighted by Crippen LogP contribution is -2.42. The predicted molar refractivity (Wildman–Crippen MR) is 98.0 cm³/mol. The van der Waals surface area contributed by atoms with E-state index in [1.807, 2.05) is 5.32 Å². The number of carbonyl (C=O) groups excluding carboxylic acids is 1. The third-order valence-corrected chi connectivity index (χ3v) is 4.63. The van der Waals surface area contributed by atoms with E-state index in [-0.39, 0.29) is 5.56 Å². The fourth-order valence-corrected chi connectivity index (χ4v) is 3.13. The summed E-state index contributed by atoms with van der Waals surface area (Å²) in [5.41, 5.74) is -3.31. The topological polar surface area (TPSA) is 89.2 Å². The number of rotatable bonds is 3. The van der Waals surface area contributed by atoms with E-state index in [2.05, 4.69) is 0 Å². The van der Waals surface area contributed by atoms with Crippen LogP contribution in [0.4, 0.5) is 42.1 Å². The van der Waals surface area contributed by atoms with E-state index in [0.29, 0.717) is 17.0 Å². The molecule has 172 valence electrons. The van der Waals surface area contributed by atoms with E-state index in [9.17, 15) is 35.5 Å². The number of nitrogens with one attached hydrogen (secondary N) is 1. The van der Waals surface area contributed by atoms with E-state index >= 15 is 0 Å². The van der Waals surface area contributed by atoms with Gasteiger partial charge >= 0.3 is 12.4 Å². The predicted octanol–water partition coefficient (Wildman–Crippen LogP) is 4.32. The van der Waals surface area contributed by atoms with Crippen molar-refractivity contribution in [3.05, 3.63) is 58.9 Å². The molecule has 0 radical (unpaired) electrons. The molecule has 0 spiro atoms.